The van der Waals surface area contributed by atoms with E-state index in [1.807, 2.05) is 0 Å². The van der Waals surface area contributed by atoms with Crippen LogP contribution in [0, 0.1) is 17.0 Å². The summed E-state index contributed by atoms with van der Waals surface area (Å²) in [4.78, 5) is 38.6. The number of phenols is 1. The molecule has 0 saturated carbocycles. The molecule has 1 heterocycles. The molecule has 1 amide bonds. The monoisotopic (exact) mass is 413 g/mol. The lowest BCUT2D eigenvalue weighted by Gasteiger charge is -2.07. The number of rotatable bonds is 6. The summed E-state index contributed by atoms with van der Waals surface area (Å²) in [5.74, 6) is -1.66. The van der Waals surface area contributed by atoms with Crippen LogP contribution in [0.3, 0.4) is 0 Å². The number of hydrogen-bond acceptors (Lipinski definition) is 8. The van der Waals surface area contributed by atoms with Gasteiger partial charge in [0.2, 0.25) is 0 Å². The first kappa shape index (κ1) is 20.0. The average Bonchev–Trinajstić information content (AvgIpc) is 3.16. The van der Waals surface area contributed by atoms with Gasteiger partial charge in [0.15, 0.2) is 11.7 Å². The lowest BCUT2D eigenvalue weighted by atomic mass is 10.1. The number of nitrogens with zero attached hydrogens (tertiary/aromatic N) is 2. The molecule has 2 N–H and O–H groups in total. The molecule has 0 bridgehead atoms. The van der Waals surface area contributed by atoms with Crippen molar-refractivity contribution < 1.29 is 24.4 Å². The van der Waals surface area contributed by atoms with E-state index in [0.717, 1.165) is 16.9 Å². The number of aromatic hydroxyl groups is 1. The maximum absolute atomic E-state index is 12.0. The normalized spacial score (nSPS) is 10.4. The van der Waals surface area contributed by atoms with E-state index in [9.17, 15) is 24.8 Å². The fourth-order valence-electron chi connectivity index (χ4n) is 2.42. The molecule has 9 nitrogen and oxygen atoms in total. The van der Waals surface area contributed by atoms with Crippen molar-refractivity contribution in [2.75, 3.05) is 11.9 Å². The van der Waals surface area contributed by atoms with Gasteiger partial charge in [-0.1, -0.05) is 23.8 Å². The molecule has 1 aromatic heterocycles. The van der Waals surface area contributed by atoms with E-state index in [0.29, 0.717) is 11.3 Å². The third-order valence-electron chi connectivity index (χ3n) is 3.81. The minimum absolute atomic E-state index is 0.0278. The van der Waals surface area contributed by atoms with Crippen LogP contribution in [0.15, 0.2) is 47.8 Å². The van der Waals surface area contributed by atoms with E-state index in [2.05, 4.69) is 10.3 Å². The number of ether oxygens (including phenoxy) is 1. The fraction of sp³-hybridized carbons (Fsp3) is 0.105. The number of non-ortho nitro benzene ring substituents is 1. The van der Waals surface area contributed by atoms with E-state index in [1.54, 1.807) is 30.5 Å². The number of carbonyl (C=O) groups excluding carboxylic acids is 2. The molecule has 3 rings (SSSR count). The van der Waals surface area contributed by atoms with Crippen molar-refractivity contribution >= 4 is 34.0 Å². The lowest BCUT2D eigenvalue weighted by Crippen LogP contribution is -2.21. The van der Waals surface area contributed by atoms with Gasteiger partial charge in [-0.2, -0.15) is 0 Å². The molecule has 0 aliphatic rings. The van der Waals surface area contributed by atoms with E-state index >= 15 is 0 Å². The Labute approximate surface area is 168 Å². The number of hydrogen-bond donors (Lipinski definition) is 2. The van der Waals surface area contributed by atoms with Gasteiger partial charge >= 0.3 is 5.97 Å². The summed E-state index contributed by atoms with van der Waals surface area (Å²) in [5, 5.41) is 25.0. The second-order valence-corrected chi connectivity index (χ2v) is 6.85. The van der Waals surface area contributed by atoms with E-state index < -0.39 is 23.4 Å². The molecule has 2 aromatic carbocycles. The highest BCUT2D eigenvalue weighted by atomic mass is 32.1. The van der Waals surface area contributed by atoms with Gasteiger partial charge in [-0.15, -0.1) is 11.3 Å². The highest BCUT2D eigenvalue weighted by Crippen LogP contribution is 2.27. The quantitative estimate of drug-likeness (QED) is 0.359. The van der Waals surface area contributed by atoms with Crippen molar-refractivity contribution in [2.24, 2.45) is 0 Å². The number of aryl methyl sites for hydroxylation is 1. The average molecular weight is 413 g/mol. The zero-order valence-electron chi connectivity index (χ0n) is 15.1. The van der Waals surface area contributed by atoms with Gasteiger partial charge in [0.05, 0.1) is 10.6 Å². The maximum atomic E-state index is 12.0. The standard InChI is InChI=1S/C19H15N3O6S/c1-11-5-6-16(23)14(7-11)18(25)28-9-17(24)21-19-20-15(10-29-19)12-3-2-4-13(8-12)22(26)27/h2-8,10,23H,9H2,1H3,(H,20,21,24). The van der Waals surface area contributed by atoms with Crippen molar-refractivity contribution in [1.82, 2.24) is 4.98 Å². The van der Waals surface area contributed by atoms with E-state index in [4.69, 9.17) is 4.74 Å². The minimum Gasteiger partial charge on any atom is -0.507 e. The Bertz CT molecular complexity index is 1100. The Morgan fingerprint density at radius 1 is 1.28 bits per heavy atom. The van der Waals surface area contributed by atoms with Crippen molar-refractivity contribution in [2.45, 2.75) is 6.92 Å². The number of phenolic OH excluding ortho intramolecular Hbond substituents is 1. The molecule has 0 unspecified atom stereocenters. The predicted molar refractivity (Wildman–Crippen MR) is 106 cm³/mol. The van der Waals surface area contributed by atoms with E-state index in [-0.39, 0.29) is 22.1 Å². The third-order valence-corrected chi connectivity index (χ3v) is 4.57. The number of thiazole rings is 1. The highest BCUT2D eigenvalue weighted by molar-refractivity contribution is 7.14. The molecule has 0 atom stereocenters. The number of anilines is 1. The second-order valence-electron chi connectivity index (χ2n) is 5.99. The summed E-state index contributed by atoms with van der Waals surface area (Å²) < 4.78 is 4.92. The third kappa shape index (κ3) is 4.93. The first-order chi connectivity index (χ1) is 13.8. The minimum atomic E-state index is -0.822. The van der Waals surface area contributed by atoms with Crippen LogP contribution in [0.5, 0.6) is 5.75 Å². The molecule has 0 spiro atoms. The van der Waals surface area contributed by atoms with Gasteiger partial charge in [0.25, 0.3) is 11.6 Å². The molecule has 148 valence electrons. The Balaban J connectivity index is 1.60. The summed E-state index contributed by atoms with van der Waals surface area (Å²) in [7, 11) is 0. The van der Waals surface area contributed by atoms with Crippen LogP contribution in [-0.4, -0.2) is 33.5 Å². The van der Waals surface area contributed by atoms with Gasteiger partial charge in [-0.05, 0) is 19.1 Å². The molecule has 0 fully saturated rings. The smallest absolute Gasteiger partial charge is 0.342 e. The molecule has 0 saturated heterocycles. The second kappa shape index (κ2) is 8.48. The Morgan fingerprint density at radius 3 is 2.83 bits per heavy atom. The number of benzene rings is 2. The largest absolute Gasteiger partial charge is 0.507 e. The Morgan fingerprint density at radius 2 is 2.07 bits per heavy atom. The summed E-state index contributed by atoms with van der Waals surface area (Å²) >= 11 is 1.13. The van der Waals surface area contributed by atoms with Crippen LogP contribution in [0.2, 0.25) is 0 Å². The van der Waals surface area contributed by atoms with E-state index in [1.165, 1.54) is 24.3 Å². The molecular weight excluding hydrogens is 398 g/mol. The Hall–Kier alpha value is -3.79. The topological polar surface area (TPSA) is 132 Å². The van der Waals surface area contributed by atoms with Gasteiger partial charge in [0, 0.05) is 23.1 Å². The number of nitro groups is 1. The van der Waals surface area contributed by atoms with Crippen LogP contribution < -0.4 is 5.32 Å². The molecule has 0 aliphatic carbocycles. The van der Waals surface area contributed by atoms with Crippen molar-refractivity contribution in [3.8, 4) is 17.0 Å². The molecule has 3 aromatic rings. The Kier molecular flexibility index (Phi) is 5.84. The number of carbonyl (C=O) groups is 2. The SMILES string of the molecule is Cc1ccc(O)c(C(=O)OCC(=O)Nc2nc(-c3cccc([N+](=O)[O-])c3)cs2)c1. The first-order valence-corrected chi connectivity index (χ1v) is 9.18. The molecule has 0 aliphatic heterocycles. The molecule has 0 radical (unpaired) electrons. The van der Waals surface area contributed by atoms with Gasteiger partial charge < -0.3 is 9.84 Å². The number of nitro benzene ring substituents is 1. The van der Waals surface area contributed by atoms with Crippen molar-refractivity contribution in [3.63, 3.8) is 0 Å². The van der Waals surface area contributed by atoms with Gasteiger partial charge in [-0.3, -0.25) is 20.2 Å². The van der Waals surface area contributed by atoms with Gasteiger partial charge in [0.1, 0.15) is 11.3 Å². The molecule has 10 heteroatoms. The summed E-state index contributed by atoms with van der Waals surface area (Å²) in [6.45, 7) is 1.20. The summed E-state index contributed by atoms with van der Waals surface area (Å²) in [6.07, 6.45) is 0. The predicted octanol–water partition coefficient (Wildman–Crippen LogP) is 3.53. The van der Waals surface area contributed by atoms with Crippen molar-refractivity contribution in [1.29, 1.82) is 0 Å². The number of nitrogens with one attached hydrogen (secondary N) is 1. The highest BCUT2D eigenvalue weighted by Gasteiger charge is 2.16. The number of amides is 1. The summed E-state index contributed by atoms with van der Waals surface area (Å²) in [5.41, 5.74) is 1.68. The molecule has 29 heavy (non-hydrogen) atoms. The maximum Gasteiger partial charge on any atom is 0.342 e. The van der Waals surface area contributed by atoms with Crippen LogP contribution in [0.1, 0.15) is 15.9 Å². The zero-order valence-corrected chi connectivity index (χ0v) is 15.9. The van der Waals surface area contributed by atoms with Crippen LogP contribution in [0.4, 0.5) is 10.8 Å². The number of aromatic nitrogens is 1. The van der Waals surface area contributed by atoms with Gasteiger partial charge in [-0.25, -0.2) is 9.78 Å². The fourth-order valence-corrected chi connectivity index (χ4v) is 3.16. The number of esters is 1. The van der Waals surface area contributed by atoms with Crippen molar-refractivity contribution in [3.05, 3.63) is 69.1 Å². The van der Waals surface area contributed by atoms with Crippen LogP contribution in [0.25, 0.3) is 11.3 Å². The van der Waals surface area contributed by atoms with Crippen LogP contribution in [-0.2, 0) is 9.53 Å². The van der Waals surface area contributed by atoms with Crippen LogP contribution >= 0.6 is 11.3 Å². The first-order valence-electron chi connectivity index (χ1n) is 8.30. The summed E-state index contributed by atoms with van der Waals surface area (Å²) in [6, 6.07) is 10.4. The lowest BCUT2D eigenvalue weighted by molar-refractivity contribution is -0.384. The zero-order chi connectivity index (χ0) is 21.0. The molecular formula is C19H15N3O6S.